The fraction of sp³-hybridized carbons (Fsp3) is 0.300. The molecule has 3 aromatic heterocycles. The predicted octanol–water partition coefficient (Wildman–Crippen LogP) is 3.76. The minimum absolute atomic E-state index is 0.202. The molecule has 0 aromatic carbocycles. The number of halogens is 3. The van der Waals surface area contributed by atoms with Gasteiger partial charge in [-0.1, -0.05) is 0 Å². The van der Waals surface area contributed by atoms with Crippen molar-refractivity contribution in [2.45, 2.75) is 36.8 Å². The van der Waals surface area contributed by atoms with Crippen LogP contribution in [0.1, 0.15) is 30.1 Å². The van der Waals surface area contributed by atoms with Gasteiger partial charge in [-0.3, -0.25) is 9.97 Å². The topological polar surface area (TPSA) is 126 Å². The van der Waals surface area contributed by atoms with E-state index in [0.717, 1.165) is 34.0 Å². The fourth-order valence-electron chi connectivity index (χ4n) is 2.87. The van der Waals surface area contributed by atoms with Gasteiger partial charge in [0, 0.05) is 42.0 Å². The lowest BCUT2D eigenvalue weighted by Gasteiger charge is -2.05. The van der Waals surface area contributed by atoms with E-state index in [1.54, 1.807) is 18.5 Å². The van der Waals surface area contributed by atoms with Gasteiger partial charge in [-0.2, -0.15) is 13.2 Å². The number of sulfone groups is 1. The highest BCUT2D eigenvalue weighted by Gasteiger charge is 2.38. The number of nitrogens with one attached hydrogen (secondary N) is 1. The zero-order chi connectivity index (χ0) is 23.7. The second-order valence-electron chi connectivity index (χ2n) is 7.28. The molecule has 0 radical (unpaired) electrons. The van der Waals surface area contributed by atoms with Crippen LogP contribution < -0.4 is 0 Å². The second kappa shape index (κ2) is 8.69. The minimum atomic E-state index is -5.08. The summed E-state index contributed by atoms with van der Waals surface area (Å²) in [6.45, 7) is 2.04. The van der Waals surface area contributed by atoms with Gasteiger partial charge >= 0.3 is 12.1 Å². The van der Waals surface area contributed by atoms with Crippen molar-refractivity contribution >= 4 is 15.8 Å². The Morgan fingerprint density at radius 3 is 2.41 bits per heavy atom. The Labute approximate surface area is 181 Å². The average Bonchev–Trinajstić information content (AvgIpc) is 3.49. The van der Waals surface area contributed by atoms with Crippen LogP contribution in [-0.2, 0) is 14.6 Å². The highest BCUT2D eigenvalue weighted by atomic mass is 32.2. The molecule has 1 saturated carbocycles. The van der Waals surface area contributed by atoms with Crippen LogP contribution >= 0.6 is 0 Å². The maximum Gasteiger partial charge on any atom is 0.490 e. The minimum Gasteiger partial charge on any atom is -0.475 e. The van der Waals surface area contributed by atoms with E-state index in [2.05, 4.69) is 15.0 Å². The summed E-state index contributed by atoms with van der Waals surface area (Å²) in [5.74, 6) is -1.44. The molecule has 3 aromatic rings. The number of hydrogen-bond acceptors (Lipinski definition) is 6. The van der Waals surface area contributed by atoms with Gasteiger partial charge in [0.05, 0.1) is 10.6 Å². The molecule has 4 rings (SSSR count). The Morgan fingerprint density at radius 1 is 1.19 bits per heavy atom. The normalized spacial score (nSPS) is 13.9. The number of carbonyl (C=O) groups is 1. The summed E-state index contributed by atoms with van der Waals surface area (Å²) < 4.78 is 55.2. The molecule has 12 heteroatoms. The van der Waals surface area contributed by atoms with E-state index in [1.165, 1.54) is 25.3 Å². The van der Waals surface area contributed by atoms with E-state index in [4.69, 9.17) is 14.9 Å². The highest BCUT2D eigenvalue weighted by molar-refractivity contribution is 7.90. The first-order chi connectivity index (χ1) is 14.9. The van der Waals surface area contributed by atoms with Crippen LogP contribution in [0.5, 0.6) is 0 Å². The van der Waals surface area contributed by atoms with E-state index in [1.807, 2.05) is 19.1 Å². The van der Waals surface area contributed by atoms with Crippen molar-refractivity contribution in [2.75, 3.05) is 6.26 Å². The molecule has 0 atom stereocenters. The quantitative estimate of drug-likeness (QED) is 0.597. The van der Waals surface area contributed by atoms with Crippen molar-refractivity contribution in [1.29, 1.82) is 0 Å². The summed E-state index contributed by atoms with van der Waals surface area (Å²) in [7, 11) is -3.30. The molecule has 170 valence electrons. The standard InChI is InChI=1S/C18H18N4O2S.C2HF3O2/c1-11-17(12-3-4-12)22-18(21-11)16-8-13(5-6-20-16)14-7-15(10-19-9-14)25(2,23)24;3-2(4,5)1(6)7/h5-10,12H,3-4H2,1-2H3,(H,21,22);(H,6,7). The first kappa shape index (κ1) is 23.4. The number of aromatic amines is 1. The van der Waals surface area contributed by atoms with Gasteiger partial charge in [-0.25, -0.2) is 18.2 Å². The van der Waals surface area contributed by atoms with E-state index in [-0.39, 0.29) is 4.90 Å². The summed E-state index contributed by atoms with van der Waals surface area (Å²) in [6.07, 6.45) is 3.20. The number of imidazole rings is 1. The Balaban J connectivity index is 0.000000360. The van der Waals surface area contributed by atoms with E-state index in [9.17, 15) is 21.6 Å². The van der Waals surface area contributed by atoms with Crippen LogP contribution in [0.25, 0.3) is 22.6 Å². The molecule has 0 unspecified atom stereocenters. The zero-order valence-electron chi connectivity index (χ0n) is 17.0. The predicted molar refractivity (Wildman–Crippen MR) is 109 cm³/mol. The number of carboxylic acid groups (broad SMARTS) is 1. The van der Waals surface area contributed by atoms with Gasteiger partial charge in [0.2, 0.25) is 0 Å². The van der Waals surface area contributed by atoms with Gasteiger partial charge in [0.1, 0.15) is 5.69 Å². The molecule has 8 nitrogen and oxygen atoms in total. The number of hydrogen-bond donors (Lipinski definition) is 2. The first-order valence-corrected chi connectivity index (χ1v) is 11.2. The van der Waals surface area contributed by atoms with Crippen LogP contribution in [-0.4, -0.2) is 51.9 Å². The number of nitrogens with zero attached hydrogens (tertiary/aromatic N) is 3. The van der Waals surface area contributed by atoms with Crippen LogP contribution in [0.2, 0.25) is 0 Å². The van der Waals surface area contributed by atoms with E-state index < -0.39 is 22.0 Å². The number of aryl methyl sites for hydroxylation is 1. The summed E-state index contributed by atoms with van der Waals surface area (Å²) in [5.41, 5.74) is 4.54. The number of aliphatic carboxylic acids is 1. The summed E-state index contributed by atoms with van der Waals surface area (Å²) in [4.78, 5) is 25.6. The molecule has 0 bridgehead atoms. The number of pyridine rings is 2. The Morgan fingerprint density at radius 2 is 1.84 bits per heavy atom. The van der Waals surface area contributed by atoms with Crippen molar-refractivity contribution in [3.63, 3.8) is 0 Å². The van der Waals surface area contributed by atoms with Crippen molar-refractivity contribution in [1.82, 2.24) is 19.9 Å². The van der Waals surface area contributed by atoms with Crippen LogP contribution in [0.4, 0.5) is 13.2 Å². The molecular weight excluding hydrogens is 449 g/mol. The van der Waals surface area contributed by atoms with Crippen molar-refractivity contribution in [3.8, 4) is 22.6 Å². The third-order valence-electron chi connectivity index (χ3n) is 4.61. The largest absolute Gasteiger partial charge is 0.490 e. The number of aromatic nitrogens is 4. The number of rotatable bonds is 4. The highest BCUT2D eigenvalue weighted by Crippen LogP contribution is 2.41. The third kappa shape index (κ3) is 5.69. The van der Waals surface area contributed by atoms with Gasteiger partial charge in [0.25, 0.3) is 0 Å². The summed E-state index contributed by atoms with van der Waals surface area (Å²) >= 11 is 0. The van der Waals surface area contributed by atoms with E-state index >= 15 is 0 Å². The number of carboxylic acids is 1. The maximum atomic E-state index is 11.7. The molecule has 0 aliphatic heterocycles. The lowest BCUT2D eigenvalue weighted by molar-refractivity contribution is -0.192. The first-order valence-electron chi connectivity index (χ1n) is 9.35. The van der Waals surface area contributed by atoms with Crippen LogP contribution in [0.3, 0.4) is 0 Å². The Kier molecular flexibility index (Phi) is 6.35. The lowest BCUT2D eigenvalue weighted by atomic mass is 10.1. The van der Waals surface area contributed by atoms with Crippen molar-refractivity contribution in [3.05, 3.63) is 48.2 Å². The van der Waals surface area contributed by atoms with Crippen LogP contribution in [0, 0.1) is 6.92 Å². The average molecular weight is 468 g/mol. The molecule has 1 aliphatic rings. The molecule has 2 N–H and O–H groups in total. The molecule has 0 saturated heterocycles. The van der Waals surface area contributed by atoms with Crippen LogP contribution in [0.15, 0.2) is 41.7 Å². The maximum absolute atomic E-state index is 11.7. The fourth-order valence-corrected chi connectivity index (χ4v) is 3.46. The second-order valence-corrected chi connectivity index (χ2v) is 9.30. The number of H-pyrrole nitrogens is 1. The zero-order valence-corrected chi connectivity index (χ0v) is 17.8. The lowest BCUT2D eigenvalue weighted by Crippen LogP contribution is -2.21. The molecule has 1 aliphatic carbocycles. The SMILES string of the molecule is Cc1[nH]c(-c2cc(-c3cncc(S(C)(=O)=O)c3)ccn2)nc1C1CC1.O=C(O)C(F)(F)F. The number of alkyl halides is 3. The van der Waals surface area contributed by atoms with E-state index in [0.29, 0.717) is 5.92 Å². The molecule has 0 amide bonds. The summed E-state index contributed by atoms with van der Waals surface area (Å²) in [5, 5.41) is 7.12. The smallest absolute Gasteiger partial charge is 0.475 e. The van der Waals surface area contributed by atoms with Gasteiger partial charge in [0.15, 0.2) is 15.7 Å². The van der Waals surface area contributed by atoms with Gasteiger partial charge in [-0.05, 0) is 43.5 Å². The Hall–Kier alpha value is -3.28. The van der Waals surface area contributed by atoms with Gasteiger partial charge in [-0.15, -0.1) is 0 Å². The van der Waals surface area contributed by atoms with Crippen molar-refractivity contribution < 1.29 is 31.5 Å². The molecule has 0 spiro atoms. The van der Waals surface area contributed by atoms with Gasteiger partial charge < -0.3 is 10.1 Å². The molecule has 32 heavy (non-hydrogen) atoms. The summed E-state index contributed by atoms with van der Waals surface area (Å²) in [6, 6.07) is 5.37. The monoisotopic (exact) mass is 468 g/mol. The molecule has 1 fully saturated rings. The third-order valence-corrected chi connectivity index (χ3v) is 5.69. The van der Waals surface area contributed by atoms with Crippen molar-refractivity contribution in [2.24, 2.45) is 0 Å². The molecular formula is C20H19F3N4O4S. The Bertz CT molecular complexity index is 1250. The molecule has 3 heterocycles.